The van der Waals surface area contributed by atoms with Crippen LogP contribution in [0.15, 0.2) is 0 Å². The van der Waals surface area contributed by atoms with Gasteiger partial charge in [0.25, 0.3) is 0 Å². The largest absolute Gasteiger partial charge is 0.481 e. The maximum atomic E-state index is 12.2. The van der Waals surface area contributed by atoms with Crippen molar-refractivity contribution in [3.63, 3.8) is 0 Å². The van der Waals surface area contributed by atoms with Crippen molar-refractivity contribution >= 4 is 12.0 Å². The zero-order chi connectivity index (χ0) is 17.9. The van der Waals surface area contributed by atoms with Gasteiger partial charge in [0, 0.05) is 19.6 Å². The van der Waals surface area contributed by atoms with Gasteiger partial charge >= 0.3 is 12.0 Å². The Kier molecular flexibility index (Phi) is 6.12. The average molecular weight is 340 g/mol. The van der Waals surface area contributed by atoms with Crippen LogP contribution in [-0.4, -0.2) is 53.3 Å². The van der Waals surface area contributed by atoms with Gasteiger partial charge < -0.3 is 20.1 Å². The Morgan fingerprint density at radius 2 is 1.88 bits per heavy atom. The number of carbonyl (C=O) groups excluding carboxylic acids is 1. The van der Waals surface area contributed by atoms with E-state index in [-0.39, 0.29) is 17.6 Å². The first-order valence-corrected chi connectivity index (χ1v) is 9.07. The highest BCUT2D eigenvalue weighted by atomic mass is 16.5. The summed E-state index contributed by atoms with van der Waals surface area (Å²) in [6, 6.07) is -0.130. The molecule has 138 valence electrons. The number of nitrogens with zero attached hydrogens (tertiary/aromatic N) is 1. The van der Waals surface area contributed by atoms with Crippen LogP contribution < -0.4 is 5.32 Å². The molecule has 2 fully saturated rings. The lowest BCUT2D eigenvalue weighted by Gasteiger charge is -2.39. The summed E-state index contributed by atoms with van der Waals surface area (Å²) in [4.78, 5) is 25.1. The predicted molar refractivity (Wildman–Crippen MR) is 91.8 cm³/mol. The van der Waals surface area contributed by atoms with Crippen LogP contribution in [0.2, 0.25) is 0 Å². The number of likely N-dealkylation sites (tertiary alicyclic amines) is 1. The fraction of sp³-hybridized carbons (Fsp3) is 0.889. The lowest BCUT2D eigenvalue weighted by molar-refractivity contribution is -0.143. The predicted octanol–water partition coefficient (Wildman–Crippen LogP) is 2.72. The highest BCUT2D eigenvalue weighted by molar-refractivity contribution is 5.76. The van der Waals surface area contributed by atoms with Gasteiger partial charge in [0.05, 0.1) is 17.6 Å². The molecule has 2 aliphatic rings. The van der Waals surface area contributed by atoms with E-state index in [9.17, 15) is 14.7 Å². The first kappa shape index (κ1) is 19.0. The number of nitrogens with one attached hydrogen (secondary N) is 1. The number of amides is 2. The Morgan fingerprint density at radius 3 is 2.46 bits per heavy atom. The van der Waals surface area contributed by atoms with Crippen LogP contribution in [0.5, 0.6) is 0 Å². The van der Waals surface area contributed by atoms with E-state index in [0.717, 1.165) is 19.3 Å². The monoisotopic (exact) mass is 340 g/mol. The van der Waals surface area contributed by atoms with Gasteiger partial charge in [0.15, 0.2) is 0 Å². The van der Waals surface area contributed by atoms with Crippen LogP contribution in [0.1, 0.15) is 53.4 Å². The Balaban J connectivity index is 1.64. The summed E-state index contributed by atoms with van der Waals surface area (Å²) in [5.41, 5.74) is -0.0878. The topological polar surface area (TPSA) is 78.9 Å². The molecule has 6 nitrogen and oxygen atoms in total. The van der Waals surface area contributed by atoms with Gasteiger partial charge in [-0.1, -0.05) is 6.92 Å². The number of urea groups is 1. The van der Waals surface area contributed by atoms with Crippen molar-refractivity contribution in [2.45, 2.75) is 65.1 Å². The molecule has 2 N–H and O–H groups in total. The van der Waals surface area contributed by atoms with Crippen molar-refractivity contribution in [3.8, 4) is 0 Å². The van der Waals surface area contributed by atoms with E-state index in [1.165, 1.54) is 0 Å². The highest BCUT2D eigenvalue weighted by Gasteiger charge is 2.34. The maximum Gasteiger partial charge on any atom is 0.317 e. The third kappa shape index (κ3) is 5.65. The Hall–Kier alpha value is -1.30. The molecule has 1 saturated heterocycles. The molecule has 1 saturated carbocycles. The average Bonchev–Trinajstić information content (AvgIpc) is 2.42. The fourth-order valence-electron chi connectivity index (χ4n) is 3.70. The van der Waals surface area contributed by atoms with Crippen molar-refractivity contribution in [3.05, 3.63) is 0 Å². The van der Waals surface area contributed by atoms with Crippen molar-refractivity contribution in [1.82, 2.24) is 10.2 Å². The van der Waals surface area contributed by atoms with Gasteiger partial charge in [-0.05, 0) is 58.3 Å². The second-order valence-electron chi connectivity index (χ2n) is 8.49. The van der Waals surface area contributed by atoms with Gasteiger partial charge in [-0.15, -0.1) is 0 Å². The molecule has 0 bridgehead atoms. The van der Waals surface area contributed by atoms with Crippen molar-refractivity contribution in [2.24, 2.45) is 17.8 Å². The van der Waals surface area contributed by atoms with Crippen LogP contribution in [0.25, 0.3) is 0 Å². The second kappa shape index (κ2) is 7.72. The fourth-order valence-corrected chi connectivity index (χ4v) is 3.70. The zero-order valence-electron chi connectivity index (χ0n) is 15.4. The van der Waals surface area contributed by atoms with Gasteiger partial charge in [-0.3, -0.25) is 4.79 Å². The SMILES string of the molecule is CC1CC(C(=O)O)CN(C(=O)NCCC2CC(OC(C)(C)C)C2)C1. The van der Waals surface area contributed by atoms with E-state index in [1.807, 2.05) is 6.92 Å². The minimum Gasteiger partial charge on any atom is -0.481 e. The van der Waals surface area contributed by atoms with Gasteiger partial charge in [-0.25, -0.2) is 4.79 Å². The van der Waals surface area contributed by atoms with Crippen molar-refractivity contribution in [1.29, 1.82) is 0 Å². The third-order valence-corrected chi connectivity index (χ3v) is 4.84. The number of aliphatic carboxylic acids is 1. The highest BCUT2D eigenvalue weighted by Crippen LogP contribution is 2.34. The molecule has 2 rings (SSSR count). The summed E-state index contributed by atoms with van der Waals surface area (Å²) >= 11 is 0. The van der Waals surface area contributed by atoms with Gasteiger partial charge in [0.2, 0.25) is 0 Å². The summed E-state index contributed by atoms with van der Waals surface area (Å²) in [7, 11) is 0. The van der Waals surface area contributed by atoms with E-state index < -0.39 is 11.9 Å². The van der Waals surface area contributed by atoms with E-state index in [0.29, 0.717) is 38.1 Å². The molecule has 1 aliphatic heterocycles. The lowest BCUT2D eigenvalue weighted by atomic mass is 9.79. The number of hydrogen-bond donors (Lipinski definition) is 2. The van der Waals surface area contributed by atoms with Crippen LogP contribution in [0.3, 0.4) is 0 Å². The molecule has 0 aromatic heterocycles. The smallest absolute Gasteiger partial charge is 0.317 e. The number of carboxylic acids is 1. The van der Waals surface area contributed by atoms with Gasteiger partial charge in [-0.2, -0.15) is 0 Å². The standard InChI is InChI=1S/C18H32N2O4/c1-12-7-14(16(21)22)11-20(10-12)17(23)19-6-5-13-8-15(9-13)24-18(2,3)4/h12-15H,5-11H2,1-4H3,(H,19,23)(H,21,22). The number of carbonyl (C=O) groups is 2. The molecule has 0 aromatic carbocycles. The maximum absolute atomic E-state index is 12.2. The van der Waals surface area contributed by atoms with E-state index in [1.54, 1.807) is 4.90 Å². The zero-order valence-corrected chi connectivity index (χ0v) is 15.4. The molecule has 2 atom stereocenters. The number of piperidine rings is 1. The van der Waals surface area contributed by atoms with Gasteiger partial charge in [0.1, 0.15) is 0 Å². The molecular formula is C18H32N2O4. The molecule has 1 heterocycles. The number of rotatable bonds is 5. The first-order valence-electron chi connectivity index (χ1n) is 9.07. The minimum absolute atomic E-state index is 0.0878. The Morgan fingerprint density at radius 1 is 1.21 bits per heavy atom. The number of ether oxygens (including phenoxy) is 1. The quantitative estimate of drug-likeness (QED) is 0.806. The molecule has 6 heteroatoms. The van der Waals surface area contributed by atoms with Crippen molar-refractivity contribution < 1.29 is 19.4 Å². The van der Waals surface area contributed by atoms with Crippen molar-refractivity contribution in [2.75, 3.05) is 19.6 Å². The molecule has 0 aromatic rings. The van der Waals surface area contributed by atoms with Crippen LogP contribution in [0.4, 0.5) is 4.79 Å². The number of carboxylic acid groups (broad SMARTS) is 1. The molecule has 24 heavy (non-hydrogen) atoms. The number of hydrogen-bond acceptors (Lipinski definition) is 3. The molecule has 2 amide bonds. The van der Waals surface area contributed by atoms with Crippen LogP contribution in [-0.2, 0) is 9.53 Å². The van der Waals surface area contributed by atoms with Crippen LogP contribution >= 0.6 is 0 Å². The molecule has 0 radical (unpaired) electrons. The summed E-state index contributed by atoms with van der Waals surface area (Å²) in [6.07, 6.45) is 4.09. The Labute approximate surface area is 144 Å². The normalized spacial score (nSPS) is 30.6. The molecule has 0 spiro atoms. The summed E-state index contributed by atoms with van der Waals surface area (Å²) in [6.45, 7) is 9.82. The lowest BCUT2D eigenvalue weighted by Crippen LogP contribution is -2.50. The molecule has 1 aliphatic carbocycles. The minimum atomic E-state index is -0.807. The summed E-state index contributed by atoms with van der Waals surface area (Å²) in [5, 5.41) is 12.1. The van der Waals surface area contributed by atoms with E-state index >= 15 is 0 Å². The molecule has 2 unspecified atom stereocenters. The first-order chi connectivity index (χ1) is 11.1. The third-order valence-electron chi connectivity index (χ3n) is 4.84. The summed E-state index contributed by atoms with van der Waals surface area (Å²) < 4.78 is 5.92. The van der Waals surface area contributed by atoms with Crippen LogP contribution in [0, 0.1) is 17.8 Å². The Bertz CT molecular complexity index is 454. The molecular weight excluding hydrogens is 308 g/mol. The van der Waals surface area contributed by atoms with E-state index in [2.05, 4.69) is 26.1 Å². The second-order valence-corrected chi connectivity index (χ2v) is 8.49. The summed E-state index contributed by atoms with van der Waals surface area (Å²) in [5.74, 6) is -0.405. The van der Waals surface area contributed by atoms with E-state index in [4.69, 9.17) is 4.74 Å².